The average molecular weight is 422 g/mol. The smallest absolute Gasteiger partial charge is 0.251 e. The van der Waals surface area contributed by atoms with Crippen molar-refractivity contribution < 1.29 is 14.3 Å². The average Bonchev–Trinajstić information content (AvgIpc) is 2.79. The Bertz CT molecular complexity index is 886. The van der Waals surface area contributed by atoms with Gasteiger partial charge in [0.1, 0.15) is 5.75 Å². The van der Waals surface area contributed by atoms with Gasteiger partial charge in [0.2, 0.25) is 5.91 Å². The van der Waals surface area contributed by atoms with E-state index in [1.54, 1.807) is 31.4 Å². The molecule has 164 valence electrons. The first-order chi connectivity index (χ1) is 15.1. The molecule has 0 atom stereocenters. The predicted octanol–water partition coefficient (Wildman–Crippen LogP) is 2.69. The zero-order valence-corrected chi connectivity index (χ0v) is 18.2. The van der Waals surface area contributed by atoms with Gasteiger partial charge < -0.3 is 15.0 Å². The molecule has 31 heavy (non-hydrogen) atoms. The summed E-state index contributed by atoms with van der Waals surface area (Å²) in [5, 5.41) is 2.98. The fourth-order valence-electron chi connectivity index (χ4n) is 4.56. The van der Waals surface area contributed by atoms with Crippen LogP contribution in [0.25, 0.3) is 0 Å². The van der Waals surface area contributed by atoms with Gasteiger partial charge in [-0.15, -0.1) is 0 Å². The van der Waals surface area contributed by atoms with Gasteiger partial charge in [-0.3, -0.25) is 14.5 Å². The number of nitrogens with one attached hydrogen (secondary N) is 1. The van der Waals surface area contributed by atoms with Gasteiger partial charge in [0.15, 0.2) is 0 Å². The molecular weight excluding hydrogens is 390 g/mol. The summed E-state index contributed by atoms with van der Waals surface area (Å²) in [6.45, 7) is 4.56. The second-order valence-corrected chi connectivity index (χ2v) is 8.42. The van der Waals surface area contributed by atoms with Gasteiger partial charge in [-0.05, 0) is 42.7 Å². The summed E-state index contributed by atoms with van der Waals surface area (Å²) < 4.78 is 5.13. The van der Waals surface area contributed by atoms with Crippen LogP contribution in [0.15, 0.2) is 54.6 Å². The van der Waals surface area contributed by atoms with Crippen LogP contribution in [0.4, 0.5) is 0 Å². The molecular formula is C25H31N3O3. The molecule has 0 radical (unpaired) electrons. The van der Waals surface area contributed by atoms with Crippen molar-refractivity contribution in [2.75, 3.05) is 46.4 Å². The van der Waals surface area contributed by atoms with Crippen LogP contribution in [0.1, 0.15) is 35.2 Å². The highest BCUT2D eigenvalue weighted by Gasteiger charge is 2.47. The van der Waals surface area contributed by atoms with Crippen LogP contribution in [0.5, 0.6) is 5.75 Å². The molecule has 2 aromatic rings. The monoisotopic (exact) mass is 421 g/mol. The van der Waals surface area contributed by atoms with Crippen LogP contribution in [-0.2, 0) is 10.2 Å². The summed E-state index contributed by atoms with van der Waals surface area (Å²) >= 11 is 0. The first-order valence-corrected chi connectivity index (χ1v) is 11.1. The van der Waals surface area contributed by atoms with Gasteiger partial charge in [-0.25, -0.2) is 0 Å². The van der Waals surface area contributed by atoms with Crippen molar-refractivity contribution >= 4 is 11.8 Å². The zero-order valence-electron chi connectivity index (χ0n) is 18.2. The number of ether oxygens (including phenoxy) is 1. The summed E-state index contributed by atoms with van der Waals surface area (Å²) in [7, 11) is 1.61. The number of piperazine rings is 1. The highest BCUT2D eigenvalue weighted by Crippen LogP contribution is 2.45. The van der Waals surface area contributed by atoms with Gasteiger partial charge in [0.25, 0.3) is 5.91 Å². The van der Waals surface area contributed by atoms with Crippen molar-refractivity contribution in [1.82, 2.24) is 15.1 Å². The number of hydrogen-bond acceptors (Lipinski definition) is 4. The van der Waals surface area contributed by atoms with Gasteiger partial charge in [0, 0.05) is 44.8 Å². The zero-order chi connectivity index (χ0) is 21.7. The Balaban J connectivity index is 1.23. The molecule has 0 aromatic heterocycles. The highest BCUT2D eigenvalue weighted by molar-refractivity contribution is 5.94. The molecule has 2 aliphatic rings. The molecule has 2 fully saturated rings. The van der Waals surface area contributed by atoms with E-state index in [1.165, 1.54) is 0 Å². The fraction of sp³-hybridized carbons (Fsp3) is 0.440. The van der Waals surface area contributed by atoms with E-state index >= 15 is 0 Å². The lowest BCUT2D eigenvalue weighted by molar-refractivity contribution is -0.142. The highest BCUT2D eigenvalue weighted by atomic mass is 16.5. The Labute approximate surface area is 184 Å². The van der Waals surface area contributed by atoms with E-state index in [0.29, 0.717) is 12.1 Å². The first kappa shape index (κ1) is 21.4. The molecule has 0 spiro atoms. The standard InChI is InChI=1S/C25H31N3O3/c1-31-22-10-8-20(9-11-22)23(29)26-14-15-27-16-18-28(19-17-27)24(30)25(12-5-13-25)21-6-3-2-4-7-21/h2-4,6-11H,5,12-19H2,1H3,(H,26,29). The van der Waals surface area contributed by atoms with Gasteiger partial charge in [-0.1, -0.05) is 36.8 Å². The van der Waals surface area contributed by atoms with Crippen LogP contribution < -0.4 is 10.1 Å². The Morgan fingerprint density at radius 1 is 0.968 bits per heavy atom. The van der Waals surface area contributed by atoms with E-state index in [-0.39, 0.29) is 17.2 Å². The first-order valence-electron chi connectivity index (χ1n) is 11.1. The molecule has 1 N–H and O–H groups in total. The van der Waals surface area contributed by atoms with E-state index in [2.05, 4.69) is 22.3 Å². The maximum Gasteiger partial charge on any atom is 0.251 e. The Morgan fingerprint density at radius 3 is 2.23 bits per heavy atom. The molecule has 4 rings (SSSR count). The van der Waals surface area contributed by atoms with Gasteiger partial charge >= 0.3 is 0 Å². The molecule has 6 nitrogen and oxygen atoms in total. The quantitative estimate of drug-likeness (QED) is 0.747. The van der Waals surface area contributed by atoms with Crippen molar-refractivity contribution in [1.29, 1.82) is 0 Å². The summed E-state index contributed by atoms with van der Waals surface area (Å²) in [6, 6.07) is 17.4. The molecule has 1 aliphatic carbocycles. The van der Waals surface area contributed by atoms with Crippen LogP contribution in [0.3, 0.4) is 0 Å². The minimum atomic E-state index is -0.310. The van der Waals surface area contributed by atoms with Crippen molar-refractivity contribution in [3.8, 4) is 5.75 Å². The number of methoxy groups -OCH3 is 1. The van der Waals surface area contributed by atoms with Crippen molar-refractivity contribution in [3.05, 3.63) is 65.7 Å². The maximum atomic E-state index is 13.4. The molecule has 2 aromatic carbocycles. The van der Waals surface area contributed by atoms with Crippen LogP contribution in [-0.4, -0.2) is 68.0 Å². The van der Waals surface area contributed by atoms with Gasteiger partial charge in [-0.2, -0.15) is 0 Å². The van der Waals surface area contributed by atoms with Crippen LogP contribution >= 0.6 is 0 Å². The third kappa shape index (κ3) is 4.59. The summed E-state index contributed by atoms with van der Waals surface area (Å²) in [5.74, 6) is 0.948. The second kappa shape index (κ2) is 9.52. The topological polar surface area (TPSA) is 61.9 Å². The second-order valence-electron chi connectivity index (χ2n) is 8.42. The van der Waals surface area contributed by atoms with Crippen LogP contribution in [0.2, 0.25) is 0 Å². The third-order valence-corrected chi connectivity index (χ3v) is 6.67. The molecule has 1 heterocycles. The largest absolute Gasteiger partial charge is 0.497 e. The minimum Gasteiger partial charge on any atom is -0.497 e. The lowest BCUT2D eigenvalue weighted by Gasteiger charge is -2.46. The summed E-state index contributed by atoms with van der Waals surface area (Å²) in [6.07, 6.45) is 3.02. The minimum absolute atomic E-state index is 0.0775. The van der Waals surface area contributed by atoms with E-state index in [1.807, 2.05) is 23.1 Å². The lowest BCUT2D eigenvalue weighted by atomic mass is 9.63. The third-order valence-electron chi connectivity index (χ3n) is 6.67. The Kier molecular flexibility index (Phi) is 6.56. The van der Waals surface area contributed by atoms with E-state index in [9.17, 15) is 9.59 Å². The molecule has 1 saturated carbocycles. The molecule has 1 aliphatic heterocycles. The van der Waals surface area contributed by atoms with Crippen molar-refractivity contribution in [2.24, 2.45) is 0 Å². The number of carbonyl (C=O) groups excluding carboxylic acids is 2. The number of hydrogen-bond donors (Lipinski definition) is 1. The van der Waals surface area contributed by atoms with E-state index < -0.39 is 0 Å². The summed E-state index contributed by atoms with van der Waals surface area (Å²) in [5.41, 5.74) is 1.48. The molecule has 1 saturated heterocycles. The molecule has 2 amide bonds. The Morgan fingerprint density at radius 2 is 1.65 bits per heavy atom. The number of nitrogens with zero attached hydrogens (tertiary/aromatic N) is 2. The maximum absolute atomic E-state index is 13.4. The number of amides is 2. The van der Waals surface area contributed by atoms with Gasteiger partial charge in [0.05, 0.1) is 12.5 Å². The number of carbonyl (C=O) groups is 2. The van der Waals surface area contributed by atoms with Crippen LogP contribution in [0, 0.1) is 0 Å². The fourth-order valence-corrected chi connectivity index (χ4v) is 4.56. The van der Waals surface area contributed by atoms with Crippen molar-refractivity contribution in [3.63, 3.8) is 0 Å². The summed E-state index contributed by atoms with van der Waals surface area (Å²) in [4.78, 5) is 30.0. The lowest BCUT2D eigenvalue weighted by Crippen LogP contribution is -2.57. The molecule has 0 bridgehead atoms. The SMILES string of the molecule is COc1ccc(C(=O)NCCN2CCN(C(=O)C3(c4ccccc4)CCC3)CC2)cc1. The normalized spacial score (nSPS) is 18.2. The van der Waals surface area contributed by atoms with E-state index in [4.69, 9.17) is 4.74 Å². The van der Waals surface area contributed by atoms with E-state index in [0.717, 1.165) is 63.3 Å². The molecule has 0 unspecified atom stereocenters. The number of benzene rings is 2. The predicted molar refractivity (Wildman–Crippen MR) is 120 cm³/mol. The van der Waals surface area contributed by atoms with Crippen molar-refractivity contribution in [2.45, 2.75) is 24.7 Å². The molecule has 6 heteroatoms. The number of rotatable bonds is 7. The Hall–Kier alpha value is -2.86.